The molecule has 0 radical (unpaired) electrons. The fourth-order valence-corrected chi connectivity index (χ4v) is 3.41. The van der Waals surface area contributed by atoms with E-state index in [-0.39, 0.29) is 11.8 Å². The number of hydrogen-bond donors (Lipinski definition) is 3. The highest BCUT2D eigenvalue weighted by Crippen LogP contribution is 2.26. The Morgan fingerprint density at radius 1 is 1.08 bits per heavy atom. The lowest BCUT2D eigenvalue weighted by Gasteiger charge is -2.29. The molecule has 1 aliphatic rings. The van der Waals surface area contributed by atoms with Gasteiger partial charge in [0.25, 0.3) is 0 Å². The molecule has 0 spiro atoms. The SMILES string of the molecule is CC(=O)N[C@@H](Cc1ccccc1)C(=O)N[C@@H](C(=O)O)C1CCCCC1. The van der Waals surface area contributed by atoms with Crippen LogP contribution >= 0.6 is 0 Å². The van der Waals surface area contributed by atoms with E-state index < -0.39 is 24.0 Å². The summed E-state index contributed by atoms with van der Waals surface area (Å²) in [5.41, 5.74) is 0.904. The van der Waals surface area contributed by atoms with E-state index >= 15 is 0 Å². The largest absolute Gasteiger partial charge is 0.480 e. The van der Waals surface area contributed by atoms with Gasteiger partial charge in [0.15, 0.2) is 0 Å². The van der Waals surface area contributed by atoms with Crippen LogP contribution in [0, 0.1) is 5.92 Å². The molecule has 1 saturated carbocycles. The Morgan fingerprint density at radius 3 is 2.28 bits per heavy atom. The van der Waals surface area contributed by atoms with Gasteiger partial charge in [-0.25, -0.2) is 4.79 Å². The molecular weight excluding hydrogens is 320 g/mol. The Morgan fingerprint density at radius 2 is 1.72 bits per heavy atom. The first-order valence-electron chi connectivity index (χ1n) is 8.81. The van der Waals surface area contributed by atoms with Gasteiger partial charge in [-0.3, -0.25) is 9.59 Å². The summed E-state index contributed by atoms with van der Waals surface area (Å²) in [5.74, 6) is -1.83. The average Bonchev–Trinajstić information content (AvgIpc) is 2.60. The summed E-state index contributed by atoms with van der Waals surface area (Å²) in [4.78, 5) is 35.7. The van der Waals surface area contributed by atoms with Crippen molar-refractivity contribution < 1.29 is 19.5 Å². The van der Waals surface area contributed by atoms with E-state index in [9.17, 15) is 19.5 Å². The topological polar surface area (TPSA) is 95.5 Å². The van der Waals surface area contributed by atoms with Crippen LogP contribution in [0.25, 0.3) is 0 Å². The van der Waals surface area contributed by atoms with E-state index in [4.69, 9.17) is 0 Å². The molecule has 0 aliphatic heterocycles. The van der Waals surface area contributed by atoms with Crippen molar-refractivity contribution in [3.05, 3.63) is 35.9 Å². The molecule has 2 amide bonds. The molecule has 0 unspecified atom stereocenters. The first-order chi connectivity index (χ1) is 12.0. The van der Waals surface area contributed by atoms with Crippen LogP contribution in [0.3, 0.4) is 0 Å². The second-order valence-electron chi connectivity index (χ2n) is 6.67. The summed E-state index contributed by atoms with van der Waals surface area (Å²) in [6, 6.07) is 7.65. The molecule has 1 aliphatic carbocycles. The number of hydrogen-bond acceptors (Lipinski definition) is 3. The smallest absolute Gasteiger partial charge is 0.326 e. The van der Waals surface area contributed by atoms with Crippen molar-refractivity contribution in [3.63, 3.8) is 0 Å². The summed E-state index contributed by atoms with van der Waals surface area (Å²) in [6.07, 6.45) is 5.02. The predicted octanol–water partition coefficient (Wildman–Crippen LogP) is 1.88. The monoisotopic (exact) mass is 346 g/mol. The van der Waals surface area contributed by atoms with Gasteiger partial charge in [-0.05, 0) is 24.3 Å². The normalized spacial score (nSPS) is 17.3. The quantitative estimate of drug-likeness (QED) is 0.702. The molecule has 25 heavy (non-hydrogen) atoms. The Hall–Kier alpha value is -2.37. The minimum absolute atomic E-state index is 0.0510. The molecule has 3 N–H and O–H groups in total. The first kappa shape index (κ1) is 19.0. The third kappa shape index (κ3) is 5.89. The van der Waals surface area contributed by atoms with Crippen molar-refractivity contribution in [3.8, 4) is 0 Å². The maximum Gasteiger partial charge on any atom is 0.326 e. The van der Waals surface area contributed by atoms with Crippen LogP contribution in [-0.4, -0.2) is 35.0 Å². The van der Waals surface area contributed by atoms with Gasteiger partial charge >= 0.3 is 5.97 Å². The van der Waals surface area contributed by atoms with Crippen LogP contribution in [-0.2, 0) is 20.8 Å². The van der Waals surface area contributed by atoms with Crippen molar-refractivity contribution in [1.29, 1.82) is 0 Å². The summed E-state index contributed by atoms with van der Waals surface area (Å²) < 4.78 is 0. The van der Waals surface area contributed by atoms with Crippen LogP contribution < -0.4 is 10.6 Å². The van der Waals surface area contributed by atoms with Crippen LogP contribution in [0.1, 0.15) is 44.6 Å². The highest BCUT2D eigenvalue weighted by molar-refractivity contribution is 5.90. The van der Waals surface area contributed by atoms with E-state index in [1.54, 1.807) is 0 Å². The number of carboxylic acid groups (broad SMARTS) is 1. The maximum atomic E-state index is 12.7. The Labute approximate surface area is 148 Å². The molecule has 1 fully saturated rings. The molecule has 6 nitrogen and oxygen atoms in total. The number of nitrogens with one attached hydrogen (secondary N) is 2. The lowest BCUT2D eigenvalue weighted by molar-refractivity contribution is -0.144. The average molecular weight is 346 g/mol. The first-order valence-corrected chi connectivity index (χ1v) is 8.81. The van der Waals surface area contributed by atoms with Gasteiger partial charge in [0.1, 0.15) is 12.1 Å². The second kappa shape index (κ2) is 9.20. The zero-order chi connectivity index (χ0) is 18.2. The molecule has 136 valence electrons. The fourth-order valence-electron chi connectivity index (χ4n) is 3.41. The molecule has 2 atom stereocenters. The highest BCUT2D eigenvalue weighted by Gasteiger charge is 2.32. The maximum absolute atomic E-state index is 12.7. The van der Waals surface area contributed by atoms with Crippen molar-refractivity contribution in [1.82, 2.24) is 10.6 Å². The second-order valence-corrected chi connectivity index (χ2v) is 6.67. The lowest BCUT2D eigenvalue weighted by Crippen LogP contribution is -2.54. The van der Waals surface area contributed by atoms with Crippen molar-refractivity contribution in [2.45, 2.75) is 57.5 Å². The van der Waals surface area contributed by atoms with Gasteiger partial charge in [0.05, 0.1) is 0 Å². The molecule has 1 aromatic carbocycles. The van der Waals surface area contributed by atoms with E-state index in [2.05, 4.69) is 10.6 Å². The Balaban J connectivity index is 2.08. The number of carbonyl (C=O) groups excluding carboxylic acids is 2. The number of rotatable bonds is 7. The van der Waals surface area contributed by atoms with Crippen molar-refractivity contribution >= 4 is 17.8 Å². The predicted molar refractivity (Wildman–Crippen MR) is 93.9 cm³/mol. The van der Waals surface area contributed by atoms with Gasteiger partial charge in [0.2, 0.25) is 11.8 Å². The van der Waals surface area contributed by atoms with Crippen molar-refractivity contribution in [2.75, 3.05) is 0 Å². The van der Waals surface area contributed by atoms with E-state index in [0.717, 1.165) is 37.7 Å². The zero-order valence-corrected chi connectivity index (χ0v) is 14.5. The molecule has 1 aromatic rings. The number of amides is 2. The Bertz CT molecular complexity index is 597. The molecule has 0 saturated heterocycles. The molecule has 0 aromatic heterocycles. The van der Waals surface area contributed by atoms with Gasteiger partial charge in [-0.1, -0.05) is 49.6 Å². The van der Waals surface area contributed by atoms with E-state index in [0.29, 0.717) is 6.42 Å². The van der Waals surface area contributed by atoms with Gasteiger partial charge in [-0.2, -0.15) is 0 Å². The summed E-state index contributed by atoms with van der Waals surface area (Å²) in [5, 5.41) is 14.8. The molecule has 0 bridgehead atoms. The zero-order valence-electron chi connectivity index (χ0n) is 14.5. The third-order valence-electron chi connectivity index (χ3n) is 4.66. The fraction of sp³-hybridized carbons (Fsp3) is 0.526. The van der Waals surface area contributed by atoms with Crippen LogP contribution in [0.15, 0.2) is 30.3 Å². The minimum Gasteiger partial charge on any atom is -0.480 e. The van der Waals surface area contributed by atoms with Gasteiger partial charge in [-0.15, -0.1) is 0 Å². The van der Waals surface area contributed by atoms with Crippen LogP contribution in [0.2, 0.25) is 0 Å². The molecule has 6 heteroatoms. The van der Waals surface area contributed by atoms with E-state index in [1.165, 1.54) is 6.92 Å². The molecular formula is C19H26N2O4. The Kier molecular flexibility index (Phi) is 6.98. The lowest BCUT2D eigenvalue weighted by atomic mass is 9.83. The summed E-state index contributed by atoms with van der Waals surface area (Å²) in [6.45, 7) is 1.35. The van der Waals surface area contributed by atoms with Gasteiger partial charge < -0.3 is 15.7 Å². The van der Waals surface area contributed by atoms with Gasteiger partial charge in [0, 0.05) is 13.3 Å². The number of carboxylic acids is 1. The number of carbonyl (C=O) groups is 3. The third-order valence-corrected chi connectivity index (χ3v) is 4.66. The van der Waals surface area contributed by atoms with E-state index in [1.807, 2.05) is 30.3 Å². The molecule has 0 heterocycles. The van der Waals surface area contributed by atoms with Crippen LogP contribution in [0.5, 0.6) is 0 Å². The molecule has 2 rings (SSSR count). The summed E-state index contributed by atoms with van der Waals surface area (Å²) >= 11 is 0. The standard InChI is InChI=1S/C19H26N2O4/c1-13(22)20-16(12-14-8-4-2-5-9-14)18(23)21-17(19(24)25)15-10-6-3-7-11-15/h2,4-5,8-9,15-17H,3,6-7,10-12H2,1H3,(H,20,22)(H,21,23)(H,24,25)/t16-,17+/m0/s1. The number of aliphatic carboxylic acids is 1. The van der Waals surface area contributed by atoms with Crippen molar-refractivity contribution in [2.24, 2.45) is 5.92 Å². The van der Waals surface area contributed by atoms with Crippen LogP contribution in [0.4, 0.5) is 0 Å². The summed E-state index contributed by atoms with van der Waals surface area (Å²) in [7, 11) is 0. The highest BCUT2D eigenvalue weighted by atomic mass is 16.4. The minimum atomic E-state index is -1.01. The number of benzene rings is 1.